The molecule has 0 aliphatic rings. The number of carbonyl (C=O) groups excluding carboxylic acids is 1. The van der Waals surface area contributed by atoms with Crippen molar-refractivity contribution >= 4 is 29.3 Å². The van der Waals surface area contributed by atoms with Crippen molar-refractivity contribution in [2.45, 2.75) is 31.3 Å². The van der Waals surface area contributed by atoms with Gasteiger partial charge in [-0.1, -0.05) is 23.4 Å². The largest absolute Gasteiger partial charge is 0.467 e. The van der Waals surface area contributed by atoms with E-state index in [4.69, 9.17) is 16.0 Å². The van der Waals surface area contributed by atoms with Gasteiger partial charge >= 0.3 is 6.18 Å². The summed E-state index contributed by atoms with van der Waals surface area (Å²) in [5.74, 6) is -0.0196. The molecule has 1 aromatic carbocycles. The molecule has 3 rings (SSSR count). The lowest BCUT2D eigenvalue weighted by Crippen LogP contribution is -2.39. The Labute approximate surface area is 180 Å². The number of alkyl halides is 3. The molecule has 0 spiro atoms. The van der Waals surface area contributed by atoms with Crippen LogP contribution in [-0.4, -0.2) is 44.0 Å². The molecule has 0 aliphatic carbocycles. The van der Waals surface area contributed by atoms with Crippen molar-refractivity contribution < 1.29 is 22.4 Å². The van der Waals surface area contributed by atoms with Crippen molar-refractivity contribution in [2.24, 2.45) is 0 Å². The minimum Gasteiger partial charge on any atom is -0.467 e. The van der Waals surface area contributed by atoms with E-state index in [1.807, 2.05) is 6.92 Å². The molecule has 0 unspecified atom stereocenters. The average molecular weight is 459 g/mol. The Morgan fingerprint density at radius 3 is 2.57 bits per heavy atom. The van der Waals surface area contributed by atoms with E-state index in [-0.39, 0.29) is 18.1 Å². The number of aromatic nitrogens is 3. The molecule has 0 saturated heterocycles. The predicted molar refractivity (Wildman–Crippen MR) is 107 cm³/mol. The molecule has 2 aromatic heterocycles. The summed E-state index contributed by atoms with van der Waals surface area (Å²) >= 11 is 6.95. The van der Waals surface area contributed by atoms with Crippen LogP contribution in [0.15, 0.2) is 52.2 Å². The van der Waals surface area contributed by atoms with Gasteiger partial charge in [0.25, 0.3) is 0 Å². The summed E-state index contributed by atoms with van der Waals surface area (Å²) in [6, 6.07) is 10.1. The first-order valence-corrected chi connectivity index (χ1v) is 10.3. The zero-order valence-corrected chi connectivity index (χ0v) is 17.5. The van der Waals surface area contributed by atoms with Crippen LogP contribution in [0.3, 0.4) is 0 Å². The van der Waals surface area contributed by atoms with Gasteiger partial charge in [-0.15, -0.1) is 10.2 Å². The second kappa shape index (κ2) is 9.57. The SMILES string of the molecule is CCn1c(SCC(=O)N(Cc2ccco2)CC(F)(F)F)nnc1-c1ccc(Cl)cc1. The predicted octanol–water partition coefficient (Wildman–Crippen LogP) is 4.89. The quantitative estimate of drug-likeness (QED) is 0.449. The van der Waals surface area contributed by atoms with Gasteiger partial charge in [0, 0.05) is 17.1 Å². The van der Waals surface area contributed by atoms with Crippen LogP contribution in [0, 0.1) is 0 Å². The maximum atomic E-state index is 12.9. The molecule has 0 atom stereocenters. The van der Waals surface area contributed by atoms with Crippen LogP contribution >= 0.6 is 23.4 Å². The lowest BCUT2D eigenvalue weighted by atomic mass is 10.2. The van der Waals surface area contributed by atoms with Crippen LogP contribution in [0.5, 0.6) is 0 Å². The first kappa shape index (κ1) is 22.2. The number of rotatable bonds is 8. The Hall–Kier alpha value is -2.46. The third kappa shape index (κ3) is 5.79. The standard InChI is InChI=1S/C19H18ClF3N4O2S/c1-2-27-17(13-5-7-14(20)8-6-13)24-25-18(27)30-11-16(28)26(12-19(21,22)23)10-15-4-3-9-29-15/h3-9H,2,10-12H2,1H3. The van der Waals surface area contributed by atoms with E-state index in [9.17, 15) is 18.0 Å². The molecule has 2 heterocycles. The second-order valence-electron chi connectivity index (χ2n) is 6.29. The molecule has 6 nitrogen and oxygen atoms in total. The fraction of sp³-hybridized carbons (Fsp3) is 0.316. The Morgan fingerprint density at radius 2 is 1.97 bits per heavy atom. The summed E-state index contributed by atoms with van der Waals surface area (Å²) in [5, 5.41) is 9.29. The number of hydrogen-bond donors (Lipinski definition) is 0. The van der Waals surface area contributed by atoms with Crippen molar-refractivity contribution in [1.29, 1.82) is 0 Å². The first-order valence-electron chi connectivity index (χ1n) is 8.95. The molecule has 11 heteroatoms. The molecule has 0 bridgehead atoms. The van der Waals surface area contributed by atoms with E-state index >= 15 is 0 Å². The zero-order valence-electron chi connectivity index (χ0n) is 15.9. The van der Waals surface area contributed by atoms with E-state index in [0.717, 1.165) is 22.2 Å². The number of amides is 1. The molecule has 0 N–H and O–H groups in total. The summed E-state index contributed by atoms with van der Waals surface area (Å²) in [4.78, 5) is 13.2. The molecule has 0 saturated carbocycles. The van der Waals surface area contributed by atoms with Crippen LogP contribution in [0.4, 0.5) is 13.2 Å². The Balaban J connectivity index is 1.72. The highest BCUT2D eigenvalue weighted by atomic mass is 35.5. The Morgan fingerprint density at radius 1 is 1.23 bits per heavy atom. The normalized spacial score (nSPS) is 11.6. The number of hydrogen-bond acceptors (Lipinski definition) is 5. The monoisotopic (exact) mass is 458 g/mol. The van der Waals surface area contributed by atoms with Crippen LogP contribution in [-0.2, 0) is 17.9 Å². The van der Waals surface area contributed by atoms with E-state index in [0.29, 0.717) is 22.5 Å². The molecule has 0 fully saturated rings. The highest BCUT2D eigenvalue weighted by Crippen LogP contribution is 2.26. The van der Waals surface area contributed by atoms with Gasteiger partial charge in [0.15, 0.2) is 11.0 Å². The third-order valence-corrected chi connectivity index (χ3v) is 5.31. The minimum atomic E-state index is -4.52. The van der Waals surface area contributed by atoms with E-state index < -0.39 is 18.6 Å². The van der Waals surface area contributed by atoms with Gasteiger partial charge in [0.2, 0.25) is 5.91 Å². The van der Waals surface area contributed by atoms with Crippen LogP contribution < -0.4 is 0 Å². The lowest BCUT2D eigenvalue weighted by molar-refractivity contribution is -0.161. The summed E-state index contributed by atoms with van der Waals surface area (Å²) in [5.41, 5.74) is 0.795. The van der Waals surface area contributed by atoms with Crippen molar-refractivity contribution in [2.75, 3.05) is 12.3 Å². The van der Waals surface area contributed by atoms with Crippen LogP contribution in [0.2, 0.25) is 5.02 Å². The number of nitrogens with zero attached hydrogens (tertiary/aromatic N) is 4. The van der Waals surface area contributed by atoms with E-state index in [1.54, 1.807) is 34.9 Å². The van der Waals surface area contributed by atoms with Crippen molar-refractivity contribution in [1.82, 2.24) is 19.7 Å². The summed E-state index contributed by atoms with van der Waals surface area (Å²) < 4.78 is 45.7. The molecular formula is C19H18ClF3N4O2S. The molecule has 0 radical (unpaired) electrons. The van der Waals surface area contributed by atoms with E-state index in [2.05, 4.69) is 10.2 Å². The summed E-state index contributed by atoms with van der Waals surface area (Å²) in [6.45, 7) is 0.799. The number of benzene rings is 1. The highest BCUT2D eigenvalue weighted by Gasteiger charge is 2.33. The number of thioether (sulfide) groups is 1. The Bertz CT molecular complexity index is 975. The molecule has 0 aliphatic heterocycles. The van der Waals surface area contributed by atoms with Crippen molar-refractivity contribution in [3.05, 3.63) is 53.4 Å². The van der Waals surface area contributed by atoms with Gasteiger partial charge in [-0.2, -0.15) is 13.2 Å². The highest BCUT2D eigenvalue weighted by molar-refractivity contribution is 7.99. The molecule has 1 amide bonds. The van der Waals surface area contributed by atoms with Gasteiger partial charge in [0.05, 0.1) is 18.6 Å². The maximum absolute atomic E-state index is 12.9. The molecule has 160 valence electrons. The third-order valence-electron chi connectivity index (χ3n) is 4.11. The summed E-state index contributed by atoms with van der Waals surface area (Å²) in [6.07, 6.45) is -3.17. The van der Waals surface area contributed by atoms with Crippen LogP contribution in [0.1, 0.15) is 12.7 Å². The fourth-order valence-corrected chi connectivity index (χ4v) is 3.78. The first-order chi connectivity index (χ1) is 14.3. The maximum Gasteiger partial charge on any atom is 0.406 e. The van der Waals surface area contributed by atoms with Crippen molar-refractivity contribution in [3.8, 4) is 11.4 Å². The van der Waals surface area contributed by atoms with Crippen molar-refractivity contribution in [3.63, 3.8) is 0 Å². The molecular weight excluding hydrogens is 441 g/mol. The second-order valence-corrected chi connectivity index (χ2v) is 7.67. The number of furan rings is 1. The van der Waals surface area contributed by atoms with Gasteiger partial charge in [-0.05, 0) is 43.3 Å². The van der Waals surface area contributed by atoms with Gasteiger partial charge < -0.3 is 13.9 Å². The number of halogens is 4. The van der Waals surface area contributed by atoms with Gasteiger partial charge in [0.1, 0.15) is 12.3 Å². The van der Waals surface area contributed by atoms with Gasteiger partial charge in [-0.3, -0.25) is 4.79 Å². The number of carbonyl (C=O) groups is 1. The average Bonchev–Trinajstić information content (AvgIpc) is 3.34. The summed E-state index contributed by atoms with van der Waals surface area (Å²) in [7, 11) is 0. The van der Waals surface area contributed by atoms with E-state index in [1.165, 1.54) is 12.3 Å². The minimum absolute atomic E-state index is 0.213. The molecule has 3 aromatic rings. The fourth-order valence-electron chi connectivity index (χ4n) is 2.75. The van der Waals surface area contributed by atoms with Crippen LogP contribution in [0.25, 0.3) is 11.4 Å². The topological polar surface area (TPSA) is 64.2 Å². The van der Waals surface area contributed by atoms with Gasteiger partial charge in [-0.25, -0.2) is 0 Å². The smallest absolute Gasteiger partial charge is 0.406 e. The lowest BCUT2D eigenvalue weighted by Gasteiger charge is -2.22. The Kier molecular flexibility index (Phi) is 7.09. The molecule has 30 heavy (non-hydrogen) atoms. The zero-order chi connectivity index (χ0) is 21.7.